The van der Waals surface area contributed by atoms with Crippen molar-refractivity contribution in [1.82, 2.24) is 15.3 Å². The van der Waals surface area contributed by atoms with Crippen molar-refractivity contribution in [2.75, 3.05) is 39.2 Å². The predicted octanol–water partition coefficient (Wildman–Crippen LogP) is 2.73. The van der Waals surface area contributed by atoms with Gasteiger partial charge in [0.15, 0.2) is 5.82 Å². The first-order chi connectivity index (χ1) is 11.6. The van der Waals surface area contributed by atoms with Crippen LogP contribution in [-0.4, -0.2) is 44.3 Å². The molecule has 0 aliphatic carbocycles. The highest BCUT2D eigenvalue weighted by molar-refractivity contribution is 5.46. The summed E-state index contributed by atoms with van der Waals surface area (Å²) in [5, 5.41) is 11.5. The van der Waals surface area contributed by atoms with E-state index in [1.54, 1.807) is 6.07 Å². The van der Waals surface area contributed by atoms with Crippen molar-refractivity contribution in [2.24, 2.45) is 10.2 Å². The van der Waals surface area contributed by atoms with Crippen molar-refractivity contribution < 1.29 is 4.74 Å². The van der Waals surface area contributed by atoms with Gasteiger partial charge in [-0.05, 0) is 19.5 Å². The third kappa shape index (κ3) is 5.58. The molecule has 7 nitrogen and oxygen atoms in total. The molecule has 0 radical (unpaired) electrons. The Morgan fingerprint density at radius 3 is 2.75 bits per heavy atom. The summed E-state index contributed by atoms with van der Waals surface area (Å²) in [6.45, 7) is 3.79. The average Bonchev–Trinajstić information content (AvgIpc) is 2.55. The Hall–Kier alpha value is -2.54. The molecule has 0 aliphatic heterocycles. The number of likely N-dealkylation sites (N-methyl/N-ethyl adjacent to an activating group) is 1. The lowest BCUT2D eigenvalue weighted by molar-refractivity contribution is 0.294. The maximum atomic E-state index is 5.55. The lowest BCUT2D eigenvalue weighted by Crippen LogP contribution is -2.17. The maximum Gasteiger partial charge on any atom is 0.320 e. The van der Waals surface area contributed by atoms with Crippen LogP contribution in [0.2, 0.25) is 0 Å². The van der Waals surface area contributed by atoms with Gasteiger partial charge < -0.3 is 15.0 Å². The van der Waals surface area contributed by atoms with Gasteiger partial charge in [0.1, 0.15) is 12.4 Å². The van der Waals surface area contributed by atoms with Crippen LogP contribution in [0, 0.1) is 6.92 Å². The highest BCUT2D eigenvalue weighted by Gasteiger charge is 2.07. The Kier molecular flexibility index (Phi) is 6.62. The van der Waals surface area contributed by atoms with Gasteiger partial charge in [0.25, 0.3) is 0 Å². The zero-order valence-electron chi connectivity index (χ0n) is 14.7. The Morgan fingerprint density at radius 1 is 1.21 bits per heavy atom. The van der Waals surface area contributed by atoms with Gasteiger partial charge in [-0.15, -0.1) is 5.11 Å². The van der Waals surface area contributed by atoms with Crippen molar-refractivity contribution in [3.63, 3.8) is 0 Å². The third-order valence-corrected chi connectivity index (χ3v) is 3.23. The number of nitrogens with zero attached hydrogens (tertiary/aromatic N) is 5. The van der Waals surface area contributed by atoms with Crippen LogP contribution < -0.4 is 15.0 Å². The molecule has 7 heteroatoms. The van der Waals surface area contributed by atoms with E-state index < -0.39 is 0 Å². The minimum atomic E-state index is 0.306. The van der Waals surface area contributed by atoms with Crippen LogP contribution in [0.1, 0.15) is 11.1 Å². The molecule has 1 aromatic carbocycles. The van der Waals surface area contributed by atoms with E-state index in [4.69, 9.17) is 4.74 Å². The van der Waals surface area contributed by atoms with Crippen LogP contribution >= 0.6 is 0 Å². The number of hydrogen-bond acceptors (Lipinski definition) is 7. The topological polar surface area (TPSA) is 75.0 Å². The Bertz CT molecular complexity index is 687. The van der Waals surface area contributed by atoms with E-state index in [0.29, 0.717) is 25.0 Å². The zero-order valence-corrected chi connectivity index (χ0v) is 14.7. The predicted molar refractivity (Wildman–Crippen MR) is 95.2 cm³/mol. The lowest BCUT2D eigenvalue weighted by atomic mass is 10.1. The van der Waals surface area contributed by atoms with E-state index in [-0.39, 0.29) is 0 Å². The molecule has 1 aromatic heterocycles. The summed E-state index contributed by atoms with van der Waals surface area (Å²) in [6.07, 6.45) is 0. The van der Waals surface area contributed by atoms with Crippen molar-refractivity contribution in [1.29, 1.82) is 0 Å². The van der Waals surface area contributed by atoms with Crippen LogP contribution in [0.25, 0.3) is 0 Å². The number of hydrogen-bond donors (Lipinski definition) is 1. The molecule has 2 aromatic rings. The fraction of sp³-hybridized carbons (Fsp3) is 0.412. The van der Waals surface area contributed by atoms with Crippen LogP contribution in [0.15, 0.2) is 40.6 Å². The first kappa shape index (κ1) is 17.8. The molecule has 0 fully saturated rings. The summed E-state index contributed by atoms with van der Waals surface area (Å²) in [7, 11) is 5.69. The normalized spacial score (nSPS) is 11.0. The minimum absolute atomic E-state index is 0.306. The molecule has 0 spiro atoms. The number of anilines is 1. The smallest absolute Gasteiger partial charge is 0.320 e. The minimum Gasteiger partial charge on any atom is -0.462 e. The molecule has 24 heavy (non-hydrogen) atoms. The van der Waals surface area contributed by atoms with Gasteiger partial charge in [0, 0.05) is 26.7 Å². The third-order valence-electron chi connectivity index (χ3n) is 3.23. The molecule has 1 heterocycles. The van der Waals surface area contributed by atoms with Gasteiger partial charge in [-0.2, -0.15) is 15.1 Å². The molecule has 2 rings (SSSR count). The second-order valence-electron chi connectivity index (χ2n) is 5.60. The highest BCUT2D eigenvalue weighted by atomic mass is 16.5. The summed E-state index contributed by atoms with van der Waals surface area (Å²) in [5.41, 5.74) is 2.32. The van der Waals surface area contributed by atoms with E-state index in [1.807, 2.05) is 38.2 Å². The molecule has 0 saturated carbocycles. The summed E-state index contributed by atoms with van der Waals surface area (Å²) in [6, 6.07) is 10.3. The molecule has 0 amide bonds. The fourth-order valence-corrected chi connectivity index (χ4v) is 1.99. The van der Waals surface area contributed by atoms with Crippen LogP contribution in [0.4, 0.5) is 11.6 Å². The van der Waals surface area contributed by atoms with Gasteiger partial charge in [-0.3, -0.25) is 0 Å². The van der Waals surface area contributed by atoms with E-state index in [2.05, 4.69) is 44.6 Å². The van der Waals surface area contributed by atoms with Gasteiger partial charge in [-0.1, -0.05) is 29.8 Å². The van der Waals surface area contributed by atoms with Gasteiger partial charge in [-0.25, -0.2) is 0 Å². The summed E-state index contributed by atoms with van der Waals surface area (Å²) >= 11 is 0. The second kappa shape index (κ2) is 8.93. The zero-order chi connectivity index (χ0) is 17.4. The molecule has 0 atom stereocenters. The largest absolute Gasteiger partial charge is 0.462 e. The summed E-state index contributed by atoms with van der Waals surface area (Å²) < 4.78 is 5.55. The standard InChI is InChI=1S/C17H24N6O/c1-13-6-5-7-14(10-13)12-19-22-15-11-16(23(3)4)21-17(20-15)24-9-8-18-2/h5-7,10-11,18H,8-9,12H2,1-4H3. The van der Waals surface area contributed by atoms with E-state index >= 15 is 0 Å². The molecular weight excluding hydrogens is 304 g/mol. The van der Waals surface area contributed by atoms with Crippen molar-refractivity contribution in [3.8, 4) is 6.01 Å². The van der Waals surface area contributed by atoms with Crippen LogP contribution in [0.5, 0.6) is 6.01 Å². The fourth-order valence-electron chi connectivity index (χ4n) is 1.99. The van der Waals surface area contributed by atoms with Crippen LogP contribution in [-0.2, 0) is 6.54 Å². The number of aromatic nitrogens is 2. The SMILES string of the molecule is CNCCOc1nc(N=NCc2cccc(C)c2)cc(N(C)C)n1. The van der Waals surface area contributed by atoms with Crippen molar-refractivity contribution in [2.45, 2.75) is 13.5 Å². The number of aryl methyl sites for hydroxylation is 1. The maximum absolute atomic E-state index is 5.55. The molecular formula is C17H24N6O. The van der Waals surface area contributed by atoms with E-state index in [0.717, 1.165) is 17.9 Å². The second-order valence-corrected chi connectivity index (χ2v) is 5.60. The van der Waals surface area contributed by atoms with Crippen molar-refractivity contribution in [3.05, 3.63) is 41.5 Å². The Morgan fingerprint density at radius 2 is 2.04 bits per heavy atom. The monoisotopic (exact) mass is 328 g/mol. The number of azo groups is 1. The average molecular weight is 328 g/mol. The van der Waals surface area contributed by atoms with Crippen molar-refractivity contribution >= 4 is 11.6 Å². The number of ether oxygens (including phenoxy) is 1. The molecule has 128 valence electrons. The first-order valence-corrected chi connectivity index (χ1v) is 7.85. The molecule has 0 aliphatic rings. The number of nitrogens with one attached hydrogen (secondary N) is 1. The van der Waals surface area contributed by atoms with Gasteiger partial charge >= 0.3 is 6.01 Å². The Balaban J connectivity index is 2.10. The molecule has 0 saturated heterocycles. The van der Waals surface area contributed by atoms with E-state index in [9.17, 15) is 0 Å². The number of rotatable bonds is 8. The first-order valence-electron chi connectivity index (χ1n) is 7.85. The molecule has 0 bridgehead atoms. The quantitative estimate of drug-likeness (QED) is 0.596. The van der Waals surface area contributed by atoms with E-state index in [1.165, 1.54) is 5.56 Å². The van der Waals surface area contributed by atoms with Gasteiger partial charge in [0.05, 0.1) is 6.54 Å². The number of benzene rings is 1. The highest BCUT2D eigenvalue weighted by Crippen LogP contribution is 2.20. The van der Waals surface area contributed by atoms with Gasteiger partial charge in [0.2, 0.25) is 0 Å². The van der Waals surface area contributed by atoms with Crippen LogP contribution in [0.3, 0.4) is 0 Å². The molecule has 0 unspecified atom stereocenters. The Labute approximate surface area is 142 Å². The molecule has 1 N–H and O–H groups in total. The lowest BCUT2D eigenvalue weighted by Gasteiger charge is -2.12. The summed E-state index contributed by atoms with van der Waals surface area (Å²) in [5.74, 6) is 1.22. The summed E-state index contributed by atoms with van der Waals surface area (Å²) in [4.78, 5) is 10.5.